The van der Waals surface area contributed by atoms with Gasteiger partial charge < -0.3 is 10.2 Å². The van der Waals surface area contributed by atoms with Gasteiger partial charge in [0.15, 0.2) is 0 Å². The Labute approximate surface area is 124 Å². The molecule has 8 heteroatoms. The fourth-order valence-corrected chi connectivity index (χ4v) is 2.22. The summed E-state index contributed by atoms with van der Waals surface area (Å²) < 4.78 is 1.46. The number of nitrogens with one attached hydrogen (secondary N) is 1. The average molecular weight is 297 g/mol. The van der Waals surface area contributed by atoms with E-state index in [9.17, 15) is 14.9 Å². The maximum atomic E-state index is 11.9. The second-order valence-corrected chi connectivity index (χ2v) is 4.62. The zero-order valence-corrected chi connectivity index (χ0v) is 13.0. The fourth-order valence-electron chi connectivity index (χ4n) is 2.22. The molecule has 8 nitrogen and oxygen atoms in total. The summed E-state index contributed by atoms with van der Waals surface area (Å²) in [4.78, 5) is 24.3. The first-order valence-corrected chi connectivity index (χ1v) is 7.18. The minimum absolute atomic E-state index is 0.00436. The van der Waals surface area contributed by atoms with Crippen LogP contribution in [0.4, 0.5) is 11.5 Å². The van der Waals surface area contributed by atoms with Crippen molar-refractivity contribution in [2.24, 2.45) is 7.05 Å². The Morgan fingerprint density at radius 3 is 2.48 bits per heavy atom. The highest BCUT2D eigenvalue weighted by Crippen LogP contribution is 2.28. The number of hydrogen-bond donors (Lipinski definition) is 1. The zero-order valence-electron chi connectivity index (χ0n) is 13.0. The van der Waals surface area contributed by atoms with E-state index in [4.69, 9.17) is 0 Å². The molecule has 1 aromatic heterocycles. The van der Waals surface area contributed by atoms with Crippen molar-refractivity contribution in [1.29, 1.82) is 0 Å². The van der Waals surface area contributed by atoms with Crippen LogP contribution in [0.1, 0.15) is 32.9 Å². The summed E-state index contributed by atoms with van der Waals surface area (Å²) in [5, 5.41) is 18.2. The molecule has 0 saturated carbocycles. The molecular formula is C13H23N5O3. The maximum absolute atomic E-state index is 11.9. The number of rotatable bonds is 8. The number of hydrogen-bond acceptors (Lipinski definition) is 5. The highest BCUT2D eigenvalue weighted by Gasteiger charge is 2.25. The third-order valence-corrected chi connectivity index (χ3v) is 3.36. The molecule has 0 aromatic carbocycles. The lowest BCUT2D eigenvalue weighted by molar-refractivity contribution is -0.384. The first-order chi connectivity index (χ1) is 9.96. The van der Waals surface area contributed by atoms with E-state index < -0.39 is 4.92 Å². The molecule has 1 aromatic rings. The first-order valence-electron chi connectivity index (χ1n) is 7.18. The monoisotopic (exact) mass is 297 g/mol. The van der Waals surface area contributed by atoms with Gasteiger partial charge in [-0.2, -0.15) is 5.10 Å². The first kappa shape index (κ1) is 16.9. The van der Waals surface area contributed by atoms with E-state index >= 15 is 0 Å². The molecule has 0 spiro atoms. The van der Waals surface area contributed by atoms with E-state index in [0.717, 1.165) is 0 Å². The SMILES string of the molecule is CCc1nn(C)c(NCCC(=O)N(CC)CC)c1[N+](=O)[O-]. The molecule has 0 unspecified atom stereocenters. The van der Waals surface area contributed by atoms with Gasteiger partial charge in [0.25, 0.3) is 0 Å². The van der Waals surface area contributed by atoms with Crippen molar-refractivity contribution in [3.8, 4) is 0 Å². The predicted octanol–water partition coefficient (Wildman–Crippen LogP) is 1.56. The molecule has 0 bridgehead atoms. The molecule has 21 heavy (non-hydrogen) atoms. The second-order valence-electron chi connectivity index (χ2n) is 4.62. The van der Waals surface area contributed by atoms with Crippen molar-refractivity contribution in [3.05, 3.63) is 15.8 Å². The van der Waals surface area contributed by atoms with Gasteiger partial charge in [0.1, 0.15) is 5.69 Å². The number of carbonyl (C=O) groups is 1. The number of aromatic nitrogens is 2. The van der Waals surface area contributed by atoms with Gasteiger partial charge in [0, 0.05) is 33.1 Å². The van der Waals surface area contributed by atoms with E-state index in [1.54, 1.807) is 11.9 Å². The highest BCUT2D eigenvalue weighted by atomic mass is 16.6. The largest absolute Gasteiger partial charge is 0.364 e. The molecule has 118 valence electrons. The molecule has 1 N–H and O–H groups in total. The zero-order chi connectivity index (χ0) is 16.0. The molecule has 1 rings (SSSR count). The minimum atomic E-state index is -0.430. The molecule has 0 radical (unpaired) electrons. The van der Waals surface area contributed by atoms with Crippen LogP contribution in [0.25, 0.3) is 0 Å². The number of nitro groups is 1. The lowest BCUT2D eigenvalue weighted by Gasteiger charge is -2.18. The van der Waals surface area contributed by atoms with Crippen molar-refractivity contribution < 1.29 is 9.72 Å². The van der Waals surface area contributed by atoms with Crippen molar-refractivity contribution in [1.82, 2.24) is 14.7 Å². The summed E-state index contributed by atoms with van der Waals surface area (Å²) in [5.41, 5.74) is 0.440. The van der Waals surface area contributed by atoms with Crippen molar-refractivity contribution in [2.45, 2.75) is 33.6 Å². The summed E-state index contributed by atoms with van der Waals surface area (Å²) in [7, 11) is 1.65. The average Bonchev–Trinajstić information content (AvgIpc) is 2.77. The van der Waals surface area contributed by atoms with Crippen molar-refractivity contribution >= 4 is 17.4 Å². The van der Waals surface area contributed by atoms with Gasteiger partial charge in [-0.05, 0) is 20.3 Å². The number of carbonyl (C=O) groups excluding carboxylic acids is 1. The fraction of sp³-hybridized carbons (Fsp3) is 0.692. The summed E-state index contributed by atoms with van der Waals surface area (Å²) in [5.74, 6) is 0.386. The molecular weight excluding hydrogens is 274 g/mol. The Morgan fingerprint density at radius 1 is 1.38 bits per heavy atom. The van der Waals surface area contributed by atoms with Gasteiger partial charge in [0.05, 0.1) is 4.92 Å². The van der Waals surface area contributed by atoms with Crippen molar-refractivity contribution in [3.63, 3.8) is 0 Å². The molecule has 0 aliphatic heterocycles. The summed E-state index contributed by atoms with van der Waals surface area (Å²) in [6, 6.07) is 0. The van der Waals surface area contributed by atoms with E-state index in [-0.39, 0.29) is 11.6 Å². The van der Waals surface area contributed by atoms with Crippen LogP contribution < -0.4 is 5.32 Å². The van der Waals surface area contributed by atoms with Gasteiger partial charge in [-0.15, -0.1) is 0 Å². The second kappa shape index (κ2) is 7.61. The minimum Gasteiger partial charge on any atom is -0.364 e. The van der Waals surface area contributed by atoms with Crippen LogP contribution in [0, 0.1) is 10.1 Å². The van der Waals surface area contributed by atoms with Gasteiger partial charge in [-0.1, -0.05) is 6.92 Å². The normalized spacial score (nSPS) is 10.5. The quantitative estimate of drug-likeness (QED) is 0.580. The Hall–Kier alpha value is -2.12. The smallest absolute Gasteiger partial charge is 0.333 e. The molecule has 0 saturated heterocycles. The van der Waals surface area contributed by atoms with Gasteiger partial charge in [0.2, 0.25) is 11.7 Å². The molecule has 0 aliphatic carbocycles. The lowest BCUT2D eigenvalue weighted by atomic mass is 10.3. The van der Waals surface area contributed by atoms with Gasteiger partial charge in [-0.25, -0.2) is 4.68 Å². The topological polar surface area (TPSA) is 93.3 Å². The highest BCUT2D eigenvalue weighted by molar-refractivity contribution is 5.76. The Bertz CT molecular complexity index is 508. The Morgan fingerprint density at radius 2 is 2.00 bits per heavy atom. The van der Waals surface area contributed by atoms with Crippen LogP contribution in [-0.4, -0.2) is 45.1 Å². The van der Waals surface area contributed by atoms with E-state index in [2.05, 4.69) is 10.4 Å². The maximum Gasteiger partial charge on any atom is 0.333 e. The van der Waals surface area contributed by atoms with Crippen LogP contribution in [0.15, 0.2) is 0 Å². The van der Waals surface area contributed by atoms with Crippen LogP contribution in [0.2, 0.25) is 0 Å². The van der Waals surface area contributed by atoms with Crippen LogP contribution >= 0.6 is 0 Å². The molecule has 1 heterocycles. The Balaban J connectivity index is 2.74. The van der Waals surface area contributed by atoms with E-state index in [1.165, 1.54) is 4.68 Å². The van der Waals surface area contributed by atoms with Gasteiger partial charge >= 0.3 is 5.69 Å². The van der Waals surface area contributed by atoms with E-state index in [0.29, 0.717) is 44.0 Å². The lowest BCUT2D eigenvalue weighted by Crippen LogP contribution is -2.31. The number of aryl methyl sites for hydroxylation is 2. The predicted molar refractivity (Wildman–Crippen MR) is 80.3 cm³/mol. The molecule has 0 fully saturated rings. The summed E-state index contributed by atoms with van der Waals surface area (Å²) in [6.07, 6.45) is 0.787. The van der Waals surface area contributed by atoms with Crippen LogP contribution in [0.5, 0.6) is 0 Å². The third kappa shape index (κ3) is 3.93. The number of amides is 1. The third-order valence-electron chi connectivity index (χ3n) is 3.36. The van der Waals surface area contributed by atoms with E-state index in [1.807, 2.05) is 20.8 Å². The van der Waals surface area contributed by atoms with Crippen LogP contribution in [-0.2, 0) is 18.3 Å². The van der Waals surface area contributed by atoms with Gasteiger partial charge in [-0.3, -0.25) is 14.9 Å². The molecule has 0 atom stereocenters. The number of nitrogens with zero attached hydrogens (tertiary/aromatic N) is 4. The number of anilines is 1. The van der Waals surface area contributed by atoms with Crippen LogP contribution in [0.3, 0.4) is 0 Å². The standard InChI is InChI=1S/C13H23N5O3/c1-5-10-12(18(20)21)13(16(4)15-10)14-9-8-11(19)17(6-2)7-3/h14H,5-9H2,1-4H3. The summed E-state index contributed by atoms with van der Waals surface area (Å²) in [6.45, 7) is 7.35. The molecule has 0 aliphatic rings. The summed E-state index contributed by atoms with van der Waals surface area (Å²) >= 11 is 0. The van der Waals surface area contributed by atoms with Crippen molar-refractivity contribution in [2.75, 3.05) is 25.0 Å². The Kier molecular flexibility index (Phi) is 6.13. The molecule has 1 amide bonds.